The number of nitrogens with zero attached hydrogens (tertiary/aromatic N) is 1. The van der Waals surface area contributed by atoms with Crippen molar-refractivity contribution in [3.63, 3.8) is 0 Å². The van der Waals surface area contributed by atoms with Crippen molar-refractivity contribution in [3.8, 4) is 0 Å². The minimum atomic E-state index is -0.159. The maximum Gasteiger partial charge on any atom is 0.217 e. The normalized spacial score (nSPS) is 9.10. The largest absolute Gasteiger partial charge is 0.370 e. The molecule has 0 unspecified atom stereocenters. The number of primary amides is 1. The van der Waals surface area contributed by atoms with Crippen molar-refractivity contribution in [2.45, 2.75) is 84.5 Å². The first-order chi connectivity index (χ1) is 9.18. The average molecular weight is 289 g/mol. The van der Waals surface area contributed by atoms with Gasteiger partial charge >= 0.3 is 0 Å². The third-order valence-corrected chi connectivity index (χ3v) is 2.84. The van der Waals surface area contributed by atoms with Gasteiger partial charge < -0.3 is 11.9 Å². The van der Waals surface area contributed by atoms with E-state index < -0.39 is 0 Å². The first-order valence-corrected chi connectivity index (χ1v) is 7.76. The summed E-state index contributed by atoms with van der Waals surface area (Å²) < 4.78 is 0. The first-order valence-electron chi connectivity index (χ1n) is 7.76. The molecule has 1 amide bonds. The zero-order valence-corrected chi connectivity index (χ0v) is 13.5. The van der Waals surface area contributed by atoms with Crippen LogP contribution in [0.15, 0.2) is 5.18 Å². The van der Waals surface area contributed by atoms with Gasteiger partial charge in [0.15, 0.2) is 0 Å². The summed E-state index contributed by atoms with van der Waals surface area (Å²) in [5, 5.41) is 2.60. The zero-order chi connectivity index (χ0) is 14.8. The summed E-state index contributed by atoms with van der Waals surface area (Å²) in [6.45, 7) is 4.62. The minimum absolute atomic E-state index is 0. The Morgan fingerprint density at radius 1 is 0.850 bits per heavy atom. The summed E-state index contributed by atoms with van der Waals surface area (Å²) in [5.41, 5.74) is 5.05. The molecular formula is C15H35N3O2. The fourth-order valence-electron chi connectivity index (χ4n) is 1.70. The van der Waals surface area contributed by atoms with Gasteiger partial charge in [0.05, 0.1) is 6.54 Å². The number of hydrogen-bond acceptors (Lipinski definition) is 4. The molecule has 20 heavy (non-hydrogen) atoms. The van der Waals surface area contributed by atoms with Crippen LogP contribution < -0.4 is 11.9 Å². The molecular weight excluding hydrogens is 254 g/mol. The fraction of sp³-hybridized carbons (Fsp3) is 0.933. The van der Waals surface area contributed by atoms with E-state index in [-0.39, 0.29) is 12.1 Å². The Labute approximate surface area is 124 Å². The lowest BCUT2D eigenvalue weighted by molar-refractivity contribution is -0.118. The molecule has 0 aromatic rings. The van der Waals surface area contributed by atoms with Crippen LogP contribution in [0, 0.1) is 4.91 Å². The molecule has 0 aromatic carbocycles. The van der Waals surface area contributed by atoms with Crippen LogP contribution in [-0.4, -0.2) is 12.5 Å². The third-order valence-electron chi connectivity index (χ3n) is 2.84. The van der Waals surface area contributed by atoms with Gasteiger partial charge in [-0.2, -0.15) is 4.91 Å². The number of amides is 1. The van der Waals surface area contributed by atoms with Crippen LogP contribution in [0.2, 0.25) is 0 Å². The van der Waals surface area contributed by atoms with Crippen molar-refractivity contribution in [2.75, 3.05) is 6.54 Å². The van der Waals surface area contributed by atoms with E-state index in [4.69, 9.17) is 10.6 Å². The van der Waals surface area contributed by atoms with E-state index in [0.29, 0.717) is 13.0 Å². The second-order valence-electron chi connectivity index (χ2n) is 4.90. The van der Waals surface area contributed by atoms with Crippen molar-refractivity contribution in [1.82, 2.24) is 6.15 Å². The van der Waals surface area contributed by atoms with E-state index in [1.165, 1.54) is 44.9 Å². The maximum atomic E-state index is 10.4. The topological polar surface area (TPSA) is 108 Å². The van der Waals surface area contributed by atoms with Gasteiger partial charge in [-0.05, 0) is 12.8 Å². The van der Waals surface area contributed by atoms with Crippen LogP contribution in [0.4, 0.5) is 0 Å². The number of rotatable bonds is 12. The smallest absolute Gasteiger partial charge is 0.217 e. The van der Waals surface area contributed by atoms with Gasteiger partial charge in [0.25, 0.3) is 0 Å². The van der Waals surface area contributed by atoms with E-state index in [2.05, 4.69) is 12.1 Å². The second kappa shape index (κ2) is 23.1. The van der Waals surface area contributed by atoms with Crippen molar-refractivity contribution >= 4 is 5.91 Å². The summed E-state index contributed by atoms with van der Waals surface area (Å²) in [7, 11) is 0. The van der Waals surface area contributed by atoms with Crippen LogP contribution in [-0.2, 0) is 4.79 Å². The van der Waals surface area contributed by atoms with Crippen LogP contribution in [0.5, 0.6) is 0 Å². The molecule has 0 saturated heterocycles. The lowest BCUT2D eigenvalue weighted by Crippen LogP contribution is -2.09. The van der Waals surface area contributed by atoms with Gasteiger partial charge in [0, 0.05) is 6.42 Å². The standard InChI is InChI=1S/C12H25NO.C3H7NO.H3N/c1-2-3-4-5-6-7-8-9-10-11-12(13)14;1-2-3-4-5;/h2-11H2,1H3,(H2,13,14);2-3H2,1H3;1H3. The zero-order valence-electron chi connectivity index (χ0n) is 13.5. The van der Waals surface area contributed by atoms with Crippen molar-refractivity contribution < 1.29 is 4.79 Å². The van der Waals surface area contributed by atoms with Gasteiger partial charge in [-0.25, -0.2) is 0 Å². The molecule has 0 aliphatic heterocycles. The summed E-state index contributed by atoms with van der Waals surface area (Å²) in [4.78, 5) is 19.6. The van der Waals surface area contributed by atoms with E-state index in [1.807, 2.05) is 6.92 Å². The van der Waals surface area contributed by atoms with Gasteiger partial charge in [-0.1, -0.05) is 70.4 Å². The third kappa shape index (κ3) is 30.2. The van der Waals surface area contributed by atoms with Crippen molar-refractivity contribution in [1.29, 1.82) is 0 Å². The number of nitrogens with two attached hydrogens (primary N) is 1. The Bertz CT molecular complexity index is 200. The van der Waals surface area contributed by atoms with Gasteiger partial charge in [0.2, 0.25) is 5.91 Å². The van der Waals surface area contributed by atoms with Gasteiger partial charge in [-0.3, -0.25) is 4.79 Å². The summed E-state index contributed by atoms with van der Waals surface area (Å²) in [6, 6.07) is 0. The number of carbonyl (C=O) groups excluding carboxylic acids is 1. The molecule has 0 aliphatic rings. The highest BCUT2D eigenvalue weighted by molar-refractivity contribution is 5.73. The van der Waals surface area contributed by atoms with Crippen LogP contribution in [0.1, 0.15) is 84.5 Å². The summed E-state index contributed by atoms with van der Waals surface area (Å²) in [5.74, 6) is -0.159. The number of hydrogen-bond donors (Lipinski definition) is 2. The van der Waals surface area contributed by atoms with Crippen LogP contribution >= 0.6 is 0 Å². The lowest BCUT2D eigenvalue weighted by Gasteiger charge is -2.00. The quantitative estimate of drug-likeness (QED) is 0.401. The molecule has 0 atom stereocenters. The van der Waals surface area contributed by atoms with Crippen LogP contribution in [0.25, 0.3) is 0 Å². The highest BCUT2D eigenvalue weighted by Crippen LogP contribution is 2.10. The Morgan fingerprint density at radius 3 is 1.60 bits per heavy atom. The fourth-order valence-corrected chi connectivity index (χ4v) is 1.70. The predicted molar refractivity (Wildman–Crippen MR) is 87.0 cm³/mol. The molecule has 122 valence electrons. The molecule has 0 fully saturated rings. The molecule has 0 bridgehead atoms. The Morgan fingerprint density at radius 2 is 1.30 bits per heavy atom. The second-order valence-corrected chi connectivity index (χ2v) is 4.90. The molecule has 5 heteroatoms. The summed E-state index contributed by atoms with van der Waals surface area (Å²) in [6.07, 6.45) is 13.0. The summed E-state index contributed by atoms with van der Waals surface area (Å²) >= 11 is 0. The minimum Gasteiger partial charge on any atom is -0.370 e. The molecule has 0 heterocycles. The molecule has 0 saturated carbocycles. The average Bonchev–Trinajstić information content (AvgIpc) is 2.38. The Balaban J connectivity index is -0.000000414. The molecule has 0 spiro atoms. The molecule has 0 rings (SSSR count). The molecule has 0 radical (unpaired) electrons. The van der Waals surface area contributed by atoms with E-state index in [9.17, 15) is 4.79 Å². The van der Waals surface area contributed by atoms with Crippen molar-refractivity contribution in [2.24, 2.45) is 10.9 Å². The number of unbranched alkanes of at least 4 members (excludes halogenated alkanes) is 8. The lowest BCUT2D eigenvalue weighted by atomic mass is 10.1. The Hall–Kier alpha value is -0.970. The highest BCUT2D eigenvalue weighted by atomic mass is 16.3. The first kappa shape index (κ1) is 24.1. The van der Waals surface area contributed by atoms with Gasteiger partial charge in [0.1, 0.15) is 0 Å². The molecule has 0 aromatic heterocycles. The van der Waals surface area contributed by atoms with Crippen LogP contribution in [0.3, 0.4) is 0 Å². The number of nitroso groups, excluding NO2 is 1. The van der Waals surface area contributed by atoms with Crippen molar-refractivity contribution in [3.05, 3.63) is 4.91 Å². The number of carbonyl (C=O) groups is 1. The van der Waals surface area contributed by atoms with E-state index >= 15 is 0 Å². The highest BCUT2D eigenvalue weighted by Gasteiger charge is 1.94. The SMILES string of the molecule is CCCCCCCCCCCC(N)=O.CCCN=O.N. The maximum absolute atomic E-state index is 10.4. The molecule has 0 aliphatic carbocycles. The van der Waals surface area contributed by atoms with E-state index in [1.54, 1.807) is 0 Å². The van der Waals surface area contributed by atoms with Gasteiger partial charge in [-0.15, -0.1) is 0 Å². The predicted octanol–water partition coefficient (Wildman–Crippen LogP) is 4.72. The Kier molecular flexibility index (Phi) is 27.9. The molecule has 5 N–H and O–H groups in total. The monoisotopic (exact) mass is 289 g/mol. The van der Waals surface area contributed by atoms with E-state index in [0.717, 1.165) is 19.3 Å². The molecule has 5 nitrogen and oxygen atoms in total.